The summed E-state index contributed by atoms with van der Waals surface area (Å²) in [5.74, 6) is 0.436. The highest BCUT2D eigenvalue weighted by atomic mass is 16.5. The summed E-state index contributed by atoms with van der Waals surface area (Å²) in [6, 6.07) is 6.77. The Morgan fingerprint density at radius 1 is 1.56 bits per heavy atom. The second-order valence-corrected chi connectivity index (χ2v) is 4.05. The van der Waals surface area contributed by atoms with Gasteiger partial charge in [0.1, 0.15) is 0 Å². The van der Waals surface area contributed by atoms with Crippen molar-refractivity contribution in [2.24, 2.45) is 0 Å². The van der Waals surface area contributed by atoms with Gasteiger partial charge in [0.25, 0.3) is 5.91 Å². The molecule has 0 bridgehead atoms. The van der Waals surface area contributed by atoms with Gasteiger partial charge < -0.3 is 19.6 Å². The lowest BCUT2D eigenvalue weighted by Gasteiger charge is -2.08. The first kappa shape index (κ1) is 12.4. The van der Waals surface area contributed by atoms with Crippen molar-refractivity contribution in [3.05, 3.63) is 30.0 Å². The van der Waals surface area contributed by atoms with Gasteiger partial charge >= 0.3 is 0 Å². The van der Waals surface area contributed by atoms with Crippen LogP contribution >= 0.6 is 0 Å². The molecule has 0 spiro atoms. The van der Waals surface area contributed by atoms with Crippen LogP contribution in [-0.2, 0) is 0 Å². The average Bonchev–Trinajstić information content (AvgIpc) is 2.82. The van der Waals surface area contributed by atoms with Crippen molar-refractivity contribution in [3.8, 4) is 5.75 Å². The van der Waals surface area contributed by atoms with E-state index < -0.39 is 0 Å². The molecule has 1 aromatic heterocycles. The molecule has 0 fully saturated rings. The minimum atomic E-state index is -0.352. The third-order valence-corrected chi connectivity index (χ3v) is 2.60. The van der Waals surface area contributed by atoms with E-state index in [0.29, 0.717) is 11.3 Å². The molecule has 2 rings (SSSR count). The summed E-state index contributed by atoms with van der Waals surface area (Å²) in [6.45, 7) is 1.59. The van der Waals surface area contributed by atoms with Crippen LogP contribution in [0.5, 0.6) is 5.75 Å². The molecule has 2 aromatic rings. The zero-order chi connectivity index (χ0) is 13.1. The first-order valence-electron chi connectivity index (χ1n) is 5.64. The summed E-state index contributed by atoms with van der Waals surface area (Å²) in [5, 5.41) is 12.3. The Morgan fingerprint density at radius 3 is 3.00 bits per heavy atom. The molecule has 1 aromatic carbocycles. The number of hydrogen-bond acceptors (Lipinski definition) is 4. The molecule has 18 heavy (non-hydrogen) atoms. The molecular weight excluding hydrogens is 234 g/mol. The molecule has 5 heteroatoms. The maximum atomic E-state index is 11.8. The van der Waals surface area contributed by atoms with Gasteiger partial charge in [0, 0.05) is 11.4 Å². The quantitative estimate of drug-likeness (QED) is 0.862. The van der Waals surface area contributed by atoms with E-state index in [0.717, 1.165) is 5.39 Å². The lowest BCUT2D eigenvalue weighted by atomic mass is 10.2. The van der Waals surface area contributed by atoms with E-state index in [1.54, 1.807) is 26.2 Å². The number of carbonyl (C=O) groups is 1. The number of carbonyl (C=O) groups excluding carboxylic acids is 1. The number of fused-ring (bicyclic) bond motifs is 1. The molecular formula is C13H15NO4. The molecule has 1 atom stereocenters. The van der Waals surface area contributed by atoms with Gasteiger partial charge in [-0.3, -0.25) is 4.79 Å². The third-order valence-electron chi connectivity index (χ3n) is 2.60. The van der Waals surface area contributed by atoms with Crippen molar-refractivity contribution >= 4 is 16.9 Å². The molecule has 5 nitrogen and oxygen atoms in total. The Morgan fingerprint density at radius 2 is 2.33 bits per heavy atom. The van der Waals surface area contributed by atoms with E-state index >= 15 is 0 Å². The van der Waals surface area contributed by atoms with E-state index in [1.165, 1.54) is 0 Å². The minimum absolute atomic E-state index is 0.116. The zero-order valence-electron chi connectivity index (χ0n) is 10.3. The van der Waals surface area contributed by atoms with Crippen molar-refractivity contribution < 1.29 is 19.1 Å². The molecule has 0 saturated carbocycles. The second-order valence-electron chi connectivity index (χ2n) is 4.05. The highest BCUT2D eigenvalue weighted by Crippen LogP contribution is 2.28. The highest BCUT2D eigenvalue weighted by molar-refractivity contribution is 5.97. The van der Waals surface area contributed by atoms with Gasteiger partial charge in [-0.2, -0.15) is 0 Å². The third kappa shape index (κ3) is 2.31. The molecule has 0 aliphatic rings. The van der Waals surface area contributed by atoms with Crippen LogP contribution in [0, 0.1) is 0 Å². The molecule has 1 amide bonds. The van der Waals surface area contributed by atoms with Gasteiger partial charge in [0.15, 0.2) is 17.1 Å². The Labute approximate surface area is 104 Å². The normalized spacial score (nSPS) is 12.4. The van der Waals surface area contributed by atoms with Gasteiger partial charge in [-0.05, 0) is 19.1 Å². The molecule has 0 aliphatic carbocycles. The molecule has 0 aliphatic heterocycles. The number of para-hydroxylation sites is 1. The summed E-state index contributed by atoms with van der Waals surface area (Å²) in [7, 11) is 1.55. The number of aliphatic hydroxyl groups is 1. The first-order chi connectivity index (χ1) is 8.65. The molecule has 0 radical (unpaired) electrons. The fraction of sp³-hybridized carbons (Fsp3) is 0.308. The van der Waals surface area contributed by atoms with Crippen molar-refractivity contribution in [1.29, 1.82) is 0 Å². The zero-order valence-corrected chi connectivity index (χ0v) is 10.3. The number of furan rings is 1. The Kier molecular flexibility index (Phi) is 3.53. The van der Waals surface area contributed by atoms with Crippen molar-refractivity contribution in [2.45, 2.75) is 13.0 Å². The van der Waals surface area contributed by atoms with Gasteiger partial charge in [-0.25, -0.2) is 0 Å². The van der Waals surface area contributed by atoms with Crippen LogP contribution in [0.2, 0.25) is 0 Å². The van der Waals surface area contributed by atoms with Gasteiger partial charge in [0.2, 0.25) is 0 Å². The summed E-state index contributed by atoms with van der Waals surface area (Å²) in [4.78, 5) is 11.8. The SMILES string of the molecule is COc1cccc2cc(C(=O)NC(C)CO)oc12. The Bertz CT molecular complexity index is 561. The van der Waals surface area contributed by atoms with Crippen molar-refractivity contribution in [2.75, 3.05) is 13.7 Å². The summed E-state index contributed by atoms with van der Waals surface area (Å²) in [6.07, 6.45) is 0. The maximum absolute atomic E-state index is 11.8. The Balaban J connectivity index is 2.32. The van der Waals surface area contributed by atoms with E-state index in [2.05, 4.69) is 5.32 Å². The fourth-order valence-electron chi connectivity index (χ4n) is 1.65. The topological polar surface area (TPSA) is 71.7 Å². The minimum Gasteiger partial charge on any atom is -0.493 e. The van der Waals surface area contributed by atoms with Crippen molar-refractivity contribution in [3.63, 3.8) is 0 Å². The predicted molar refractivity (Wildman–Crippen MR) is 66.8 cm³/mol. The smallest absolute Gasteiger partial charge is 0.287 e. The van der Waals surface area contributed by atoms with Crippen LogP contribution in [0.4, 0.5) is 0 Å². The number of amides is 1. The average molecular weight is 249 g/mol. The number of ether oxygens (including phenoxy) is 1. The number of benzene rings is 1. The standard InChI is InChI=1S/C13H15NO4/c1-8(7-15)14-13(16)11-6-9-4-3-5-10(17-2)12(9)18-11/h3-6,8,15H,7H2,1-2H3,(H,14,16). The van der Waals surface area contributed by atoms with Crippen LogP contribution in [0.1, 0.15) is 17.5 Å². The van der Waals surface area contributed by atoms with E-state index in [9.17, 15) is 4.79 Å². The van der Waals surface area contributed by atoms with Crippen LogP contribution in [-0.4, -0.2) is 30.8 Å². The molecule has 0 saturated heterocycles. The number of aliphatic hydroxyl groups excluding tert-OH is 1. The van der Waals surface area contributed by atoms with Crippen LogP contribution in [0.3, 0.4) is 0 Å². The highest BCUT2D eigenvalue weighted by Gasteiger charge is 2.16. The van der Waals surface area contributed by atoms with Crippen LogP contribution in [0.25, 0.3) is 11.0 Å². The van der Waals surface area contributed by atoms with Gasteiger partial charge in [0.05, 0.1) is 13.7 Å². The van der Waals surface area contributed by atoms with Gasteiger partial charge in [-0.1, -0.05) is 12.1 Å². The largest absolute Gasteiger partial charge is 0.493 e. The lowest BCUT2D eigenvalue weighted by Crippen LogP contribution is -2.34. The summed E-state index contributed by atoms with van der Waals surface area (Å²) in [5.41, 5.74) is 0.543. The van der Waals surface area contributed by atoms with E-state index in [4.69, 9.17) is 14.3 Å². The number of rotatable bonds is 4. The molecule has 1 unspecified atom stereocenters. The summed E-state index contributed by atoms with van der Waals surface area (Å²) >= 11 is 0. The van der Waals surface area contributed by atoms with Crippen LogP contribution < -0.4 is 10.1 Å². The Hall–Kier alpha value is -2.01. The van der Waals surface area contributed by atoms with E-state index in [-0.39, 0.29) is 24.3 Å². The van der Waals surface area contributed by atoms with E-state index in [1.807, 2.05) is 12.1 Å². The van der Waals surface area contributed by atoms with Crippen LogP contribution in [0.15, 0.2) is 28.7 Å². The maximum Gasteiger partial charge on any atom is 0.287 e. The fourth-order valence-corrected chi connectivity index (χ4v) is 1.65. The lowest BCUT2D eigenvalue weighted by molar-refractivity contribution is 0.0896. The monoisotopic (exact) mass is 249 g/mol. The number of methoxy groups -OCH3 is 1. The first-order valence-corrected chi connectivity index (χ1v) is 5.64. The molecule has 1 heterocycles. The molecule has 2 N–H and O–H groups in total. The number of nitrogens with one attached hydrogen (secondary N) is 1. The van der Waals surface area contributed by atoms with Crippen molar-refractivity contribution in [1.82, 2.24) is 5.32 Å². The number of hydrogen-bond donors (Lipinski definition) is 2. The predicted octanol–water partition coefficient (Wildman–Crippen LogP) is 1.55. The van der Waals surface area contributed by atoms with Gasteiger partial charge in [-0.15, -0.1) is 0 Å². The molecule has 96 valence electrons. The second kappa shape index (κ2) is 5.10. The summed E-state index contributed by atoms with van der Waals surface area (Å²) < 4.78 is 10.6.